The quantitative estimate of drug-likeness (QED) is 0.673. The first kappa shape index (κ1) is 16.2. The summed E-state index contributed by atoms with van der Waals surface area (Å²) in [5.41, 5.74) is 0. The smallest absolute Gasteiger partial charge is 0.164 e. The Balaban J connectivity index is 1.62. The Bertz CT molecular complexity index is 243. The van der Waals surface area contributed by atoms with Crippen molar-refractivity contribution in [2.45, 2.75) is 65.0 Å². The zero-order valence-electron chi connectivity index (χ0n) is 13.0. The molecular weight excluding hydrogens is 256 g/mol. The Morgan fingerprint density at radius 3 is 2.05 bits per heavy atom. The molecule has 20 heavy (non-hydrogen) atoms. The molecule has 2 aliphatic rings. The van der Waals surface area contributed by atoms with Crippen molar-refractivity contribution >= 4 is 0 Å². The number of hydrogen-bond acceptors (Lipinski definition) is 4. The van der Waals surface area contributed by atoms with Crippen LogP contribution < -0.4 is 0 Å². The number of rotatable bonds is 7. The second kappa shape index (κ2) is 8.98. The van der Waals surface area contributed by atoms with Gasteiger partial charge in [0.2, 0.25) is 0 Å². The van der Waals surface area contributed by atoms with Crippen LogP contribution in [0.3, 0.4) is 0 Å². The van der Waals surface area contributed by atoms with E-state index in [0.717, 1.165) is 19.6 Å². The van der Waals surface area contributed by atoms with E-state index in [2.05, 4.69) is 13.8 Å². The summed E-state index contributed by atoms with van der Waals surface area (Å²) in [4.78, 5) is 0. The van der Waals surface area contributed by atoms with E-state index in [9.17, 15) is 0 Å². The first-order chi connectivity index (χ1) is 9.83. The fourth-order valence-corrected chi connectivity index (χ4v) is 2.85. The van der Waals surface area contributed by atoms with E-state index in [-0.39, 0.29) is 18.5 Å². The molecular formula is C16H30O4. The van der Waals surface area contributed by atoms with Crippen LogP contribution in [0.15, 0.2) is 0 Å². The molecule has 2 heterocycles. The van der Waals surface area contributed by atoms with Gasteiger partial charge in [-0.25, -0.2) is 0 Å². The van der Waals surface area contributed by atoms with Crippen LogP contribution in [0.1, 0.15) is 52.4 Å². The van der Waals surface area contributed by atoms with Crippen LogP contribution in [0, 0.1) is 11.8 Å². The lowest BCUT2D eigenvalue weighted by molar-refractivity contribution is -0.281. The SMILES string of the molecule is CCCCCC1OCC([C@H]2OC[C@H](CCC)CO2)CO1. The van der Waals surface area contributed by atoms with Gasteiger partial charge in [-0.3, -0.25) is 0 Å². The molecule has 0 aliphatic carbocycles. The topological polar surface area (TPSA) is 36.9 Å². The van der Waals surface area contributed by atoms with Gasteiger partial charge in [-0.15, -0.1) is 0 Å². The van der Waals surface area contributed by atoms with Crippen LogP contribution in [-0.4, -0.2) is 39.0 Å². The number of hydrogen-bond donors (Lipinski definition) is 0. The van der Waals surface area contributed by atoms with Gasteiger partial charge in [0.1, 0.15) is 0 Å². The Morgan fingerprint density at radius 1 is 0.750 bits per heavy atom. The second-order valence-corrected chi connectivity index (χ2v) is 6.04. The van der Waals surface area contributed by atoms with Crippen LogP contribution in [-0.2, 0) is 18.9 Å². The maximum Gasteiger partial charge on any atom is 0.164 e. The largest absolute Gasteiger partial charge is 0.352 e. The highest BCUT2D eigenvalue weighted by Gasteiger charge is 2.33. The van der Waals surface area contributed by atoms with Gasteiger partial charge in [0.25, 0.3) is 0 Å². The van der Waals surface area contributed by atoms with Gasteiger partial charge in [0, 0.05) is 5.92 Å². The maximum atomic E-state index is 5.83. The van der Waals surface area contributed by atoms with Crippen molar-refractivity contribution in [3.05, 3.63) is 0 Å². The van der Waals surface area contributed by atoms with Gasteiger partial charge in [0.15, 0.2) is 12.6 Å². The van der Waals surface area contributed by atoms with Gasteiger partial charge < -0.3 is 18.9 Å². The maximum absolute atomic E-state index is 5.83. The normalized spacial score (nSPS) is 35.1. The van der Waals surface area contributed by atoms with Crippen molar-refractivity contribution in [3.63, 3.8) is 0 Å². The summed E-state index contributed by atoms with van der Waals surface area (Å²) >= 11 is 0. The molecule has 0 N–H and O–H groups in total. The lowest BCUT2D eigenvalue weighted by Gasteiger charge is -2.37. The third kappa shape index (κ3) is 4.99. The summed E-state index contributed by atoms with van der Waals surface area (Å²) in [5, 5.41) is 0. The van der Waals surface area contributed by atoms with Crippen LogP contribution >= 0.6 is 0 Å². The highest BCUT2D eigenvalue weighted by Crippen LogP contribution is 2.25. The minimum atomic E-state index is -0.139. The Hall–Kier alpha value is -0.160. The Morgan fingerprint density at radius 2 is 1.45 bits per heavy atom. The van der Waals surface area contributed by atoms with Crippen molar-refractivity contribution in [3.8, 4) is 0 Å². The summed E-state index contributed by atoms with van der Waals surface area (Å²) in [6, 6.07) is 0. The summed E-state index contributed by atoms with van der Waals surface area (Å²) < 4.78 is 23.2. The number of ether oxygens (including phenoxy) is 4. The first-order valence-corrected chi connectivity index (χ1v) is 8.29. The molecule has 0 atom stereocenters. The van der Waals surface area contributed by atoms with E-state index in [1.807, 2.05) is 0 Å². The minimum Gasteiger partial charge on any atom is -0.352 e. The molecule has 0 unspecified atom stereocenters. The van der Waals surface area contributed by atoms with E-state index >= 15 is 0 Å². The lowest BCUT2D eigenvalue weighted by atomic mass is 10.0. The van der Waals surface area contributed by atoms with Gasteiger partial charge in [-0.1, -0.05) is 33.1 Å². The van der Waals surface area contributed by atoms with E-state index in [1.54, 1.807) is 0 Å². The predicted molar refractivity (Wildman–Crippen MR) is 77.4 cm³/mol. The van der Waals surface area contributed by atoms with E-state index in [1.165, 1.54) is 32.1 Å². The van der Waals surface area contributed by atoms with Crippen LogP contribution in [0.2, 0.25) is 0 Å². The molecule has 0 radical (unpaired) electrons. The molecule has 0 bridgehead atoms. The highest BCUT2D eigenvalue weighted by atomic mass is 16.7. The molecule has 118 valence electrons. The molecule has 0 amide bonds. The lowest BCUT2D eigenvalue weighted by Crippen LogP contribution is -2.44. The molecule has 2 fully saturated rings. The summed E-state index contributed by atoms with van der Waals surface area (Å²) in [7, 11) is 0. The molecule has 0 spiro atoms. The average molecular weight is 286 g/mol. The van der Waals surface area contributed by atoms with E-state index in [4.69, 9.17) is 18.9 Å². The molecule has 2 rings (SSSR count). The predicted octanol–water partition coefficient (Wildman–Crippen LogP) is 3.35. The molecule has 0 aromatic carbocycles. The molecule has 0 aromatic heterocycles. The highest BCUT2D eigenvalue weighted by molar-refractivity contribution is 4.71. The molecule has 4 heteroatoms. The van der Waals surface area contributed by atoms with Gasteiger partial charge in [0.05, 0.1) is 32.3 Å². The van der Waals surface area contributed by atoms with Crippen molar-refractivity contribution < 1.29 is 18.9 Å². The Labute approximate surface area is 123 Å². The monoisotopic (exact) mass is 286 g/mol. The molecule has 2 aliphatic heterocycles. The van der Waals surface area contributed by atoms with Crippen molar-refractivity contribution in [1.82, 2.24) is 0 Å². The summed E-state index contributed by atoms with van der Waals surface area (Å²) in [6.45, 7) is 7.43. The zero-order chi connectivity index (χ0) is 14.2. The summed E-state index contributed by atoms with van der Waals surface area (Å²) in [5.74, 6) is 0.781. The third-order valence-corrected chi connectivity index (χ3v) is 4.11. The first-order valence-electron chi connectivity index (χ1n) is 8.29. The van der Waals surface area contributed by atoms with Crippen molar-refractivity contribution in [1.29, 1.82) is 0 Å². The number of unbranched alkanes of at least 4 members (excludes halogenated alkanes) is 2. The van der Waals surface area contributed by atoms with Crippen LogP contribution in [0.4, 0.5) is 0 Å². The minimum absolute atomic E-state index is 0.0192. The standard InChI is InChI=1S/C16H30O4/c1-3-5-6-8-15-17-11-14(12-18-15)16-19-9-13(7-4-2)10-20-16/h13-16H,3-12H2,1-2H3/t13-,14?,15?,16-. The molecule has 2 saturated heterocycles. The van der Waals surface area contributed by atoms with Crippen molar-refractivity contribution in [2.24, 2.45) is 11.8 Å². The second-order valence-electron chi connectivity index (χ2n) is 6.04. The van der Waals surface area contributed by atoms with Gasteiger partial charge in [-0.05, 0) is 19.3 Å². The van der Waals surface area contributed by atoms with Crippen molar-refractivity contribution in [2.75, 3.05) is 26.4 Å². The van der Waals surface area contributed by atoms with Gasteiger partial charge in [-0.2, -0.15) is 0 Å². The van der Waals surface area contributed by atoms with E-state index in [0.29, 0.717) is 19.1 Å². The molecule has 0 aromatic rings. The third-order valence-electron chi connectivity index (χ3n) is 4.11. The molecule has 4 nitrogen and oxygen atoms in total. The fourth-order valence-electron chi connectivity index (χ4n) is 2.85. The van der Waals surface area contributed by atoms with Crippen LogP contribution in [0.5, 0.6) is 0 Å². The fraction of sp³-hybridized carbons (Fsp3) is 1.00. The van der Waals surface area contributed by atoms with Gasteiger partial charge >= 0.3 is 0 Å². The molecule has 0 saturated carbocycles. The Kier molecular flexibility index (Phi) is 7.28. The summed E-state index contributed by atoms with van der Waals surface area (Å²) in [6.07, 6.45) is 6.89. The zero-order valence-corrected chi connectivity index (χ0v) is 13.0. The average Bonchev–Trinajstić information content (AvgIpc) is 2.49. The van der Waals surface area contributed by atoms with E-state index < -0.39 is 0 Å². The van der Waals surface area contributed by atoms with Crippen LogP contribution in [0.25, 0.3) is 0 Å².